The fourth-order valence-corrected chi connectivity index (χ4v) is 7.92. The molecule has 8 atom stereocenters. The summed E-state index contributed by atoms with van der Waals surface area (Å²) < 4.78 is 35.3. The van der Waals surface area contributed by atoms with Crippen LogP contribution >= 0.6 is 0 Å². The Morgan fingerprint density at radius 1 is 0.647 bits per heavy atom. The van der Waals surface area contributed by atoms with Gasteiger partial charge in [0.2, 0.25) is 0 Å². The van der Waals surface area contributed by atoms with Crippen molar-refractivity contribution in [3.8, 4) is 0 Å². The summed E-state index contributed by atoms with van der Waals surface area (Å²) in [7, 11) is 0. The van der Waals surface area contributed by atoms with Gasteiger partial charge in [-0.2, -0.15) is 0 Å². The Balaban J connectivity index is 1.36. The molecule has 3 aliphatic heterocycles. The third kappa shape index (κ3) is 16.8. The average molecular weight is 721 g/mol. The summed E-state index contributed by atoms with van der Waals surface area (Å²) in [4.78, 5) is 47.4. The molecule has 2 fully saturated rings. The highest BCUT2D eigenvalue weighted by Crippen LogP contribution is 2.36. The average Bonchev–Trinajstić information content (AvgIpc) is 3.82. The SMILES string of the molecule is CCCCCCC(CCC[C@H](OC(C)=O)[C@H]1CC[C@@H]([C@@H]2CC[C@@H]([C@H](CCCCCCCCCCC3=C[C@H](C)OC3=O)OC(C)=O)O2)O1)OC(C)=O. The lowest BCUT2D eigenvalue weighted by atomic mass is 9.99. The number of unbranched alkanes of at least 4 members (excludes halogenated alkanes) is 10. The minimum absolute atomic E-state index is 0.0773. The van der Waals surface area contributed by atoms with Crippen LogP contribution in [0.5, 0.6) is 0 Å². The number of carbonyl (C=O) groups is 4. The maximum absolute atomic E-state index is 12.0. The predicted molar refractivity (Wildman–Crippen MR) is 195 cm³/mol. The molecule has 2 saturated heterocycles. The second-order valence-electron chi connectivity index (χ2n) is 15.1. The molecule has 0 aromatic rings. The van der Waals surface area contributed by atoms with Crippen molar-refractivity contribution >= 4 is 23.9 Å². The van der Waals surface area contributed by atoms with Crippen LogP contribution in [0, 0.1) is 0 Å². The van der Waals surface area contributed by atoms with E-state index in [1.807, 2.05) is 13.0 Å². The van der Waals surface area contributed by atoms with Gasteiger partial charge in [-0.25, -0.2) is 4.79 Å². The highest BCUT2D eigenvalue weighted by molar-refractivity contribution is 5.90. The molecule has 0 aromatic heterocycles. The molecule has 0 saturated carbocycles. The quantitative estimate of drug-likeness (QED) is 0.0487. The smallest absolute Gasteiger partial charge is 0.334 e. The molecule has 0 aromatic carbocycles. The van der Waals surface area contributed by atoms with Crippen molar-refractivity contribution in [1.82, 2.24) is 0 Å². The zero-order valence-corrected chi connectivity index (χ0v) is 32.3. The van der Waals surface area contributed by atoms with Crippen LogP contribution in [0.15, 0.2) is 11.6 Å². The molecule has 10 nitrogen and oxygen atoms in total. The van der Waals surface area contributed by atoms with Gasteiger partial charge in [-0.3, -0.25) is 14.4 Å². The van der Waals surface area contributed by atoms with Crippen LogP contribution in [-0.2, 0) is 47.6 Å². The maximum Gasteiger partial charge on any atom is 0.334 e. The number of esters is 4. The van der Waals surface area contributed by atoms with Gasteiger partial charge >= 0.3 is 23.9 Å². The van der Waals surface area contributed by atoms with Gasteiger partial charge in [-0.1, -0.05) is 64.7 Å². The van der Waals surface area contributed by atoms with Crippen molar-refractivity contribution in [2.75, 3.05) is 0 Å². The van der Waals surface area contributed by atoms with Crippen molar-refractivity contribution in [1.29, 1.82) is 0 Å². The summed E-state index contributed by atoms with van der Waals surface area (Å²) in [5, 5.41) is 0. The van der Waals surface area contributed by atoms with E-state index in [4.69, 9.17) is 28.4 Å². The van der Waals surface area contributed by atoms with Crippen molar-refractivity contribution in [3.05, 3.63) is 11.6 Å². The first kappa shape index (κ1) is 42.9. The van der Waals surface area contributed by atoms with Crippen molar-refractivity contribution in [2.45, 2.75) is 225 Å². The normalized spacial score (nSPS) is 24.8. The topological polar surface area (TPSA) is 124 Å². The Morgan fingerprint density at radius 3 is 1.63 bits per heavy atom. The van der Waals surface area contributed by atoms with E-state index in [1.165, 1.54) is 46.5 Å². The number of cyclic esters (lactones) is 1. The molecule has 1 unspecified atom stereocenters. The molecule has 3 heterocycles. The molecule has 0 radical (unpaired) electrons. The van der Waals surface area contributed by atoms with Gasteiger partial charge in [-0.15, -0.1) is 0 Å². The Hall–Kier alpha value is -2.46. The number of rotatable bonds is 26. The highest BCUT2D eigenvalue weighted by atomic mass is 16.6. The highest BCUT2D eigenvalue weighted by Gasteiger charge is 2.42. The number of ether oxygens (including phenoxy) is 6. The van der Waals surface area contributed by atoms with Gasteiger partial charge in [-0.05, 0) is 96.5 Å². The molecule has 0 amide bonds. The molecular formula is C41H68O10. The molecule has 0 bridgehead atoms. The molecule has 0 spiro atoms. The Kier molecular flexibility index (Phi) is 20.2. The second-order valence-corrected chi connectivity index (χ2v) is 15.1. The molecule has 10 heteroatoms. The Morgan fingerprint density at radius 2 is 1.12 bits per heavy atom. The zero-order valence-electron chi connectivity index (χ0n) is 32.3. The van der Waals surface area contributed by atoms with Crippen LogP contribution in [-0.4, -0.2) is 72.7 Å². The monoisotopic (exact) mass is 720 g/mol. The van der Waals surface area contributed by atoms with Gasteiger partial charge in [0.25, 0.3) is 0 Å². The van der Waals surface area contributed by atoms with E-state index >= 15 is 0 Å². The van der Waals surface area contributed by atoms with Crippen LogP contribution in [0.1, 0.15) is 176 Å². The first-order valence-corrected chi connectivity index (χ1v) is 20.3. The van der Waals surface area contributed by atoms with Crippen LogP contribution in [0.25, 0.3) is 0 Å². The minimum Gasteiger partial charge on any atom is -0.463 e. The maximum atomic E-state index is 12.0. The van der Waals surface area contributed by atoms with Gasteiger partial charge in [0.15, 0.2) is 0 Å². The van der Waals surface area contributed by atoms with E-state index in [2.05, 4.69) is 6.92 Å². The third-order valence-corrected chi connectivity index (χ3v) is 10.5. The van der Waals surface area contributed by atoms with E-state index < -0.39 is 0 Å². The summed E-state index contributed by atoms with van der Waals surface area (Å²) in [5.41, 5.74) is 0.831. The molecular weight excluding hydrogens is 652 g/mol. The summed E-state index contributed by atoms with van der Waals surface area (Å²) in [6, 6.07) is 0. The molecule has 51 heavy (non-hydrogen) atoms. The number of hydrogen-bond acceptors (Lipinski definition) is 10. The number of carbonyl (C=O) groups excluding carboxylic acids is 4. The largest absolute Gasteiger partial charge is 0.463 e. The predicted octanol–water partition coefficient (Wildman–Crippen LogP) is 8.79. The lowest BCUT2D eigenvalue weighted by molar-refractivity contribution is -0.164. The van der Waals surface area contributed by atoms with Crippen LogP contribution in [0.4, 0.5) is 0 Å². The molecule has 3 rings (SSSR count). The Bertz CT molecular complexity index is 1090. The first-order chi connectivity index (χ1) is 24.5. The molecule has 0 aliphatic carbocycles. The van der Waals surface area contributed by atoms with Gasteiger partial charge in [0.1, 0.15) is 24.4 Å². The fourth-order valence-electron chi connectivity index (χ4n) is 7.92. The van der Waals surface area contributed by atoms with E-state index in [1.54, 1.807) is 0 Å². The second kappa shape index (κ2) is 24.0. The lowest BCUT2D eigenvalue weighted by Crippen LogP contribution is -2.35. The molecule has 0 N–H and O–H groups in total. The fraction of sp³-hybridized carbons (Fsp3) is 0.854. The summed E-state index contributed by atoms with van der Waals surface area (Å²) in [6.45, 7) is 8.44. The lowest BCUT2D eigenvalue weighted by Gasteiger charge is -2.27. The van der Waals surface area contributed by atoms with E-state index in [0.717, 1.165) is 115 Å². The van der Waals surface area contributed by atoms with Crippen molar-refractivity contribution in [2.24, 2.45) is 0 Å². The van der Waals surface area contributed by atoms with Crippen LogP contribution < -0.4 is 0 Å². The Labute approximate surface area is 307 Å². The first-order valence-electron chi connectivity index (χ1n) is 20.3. The number of hydrogen-bond donors (Lipinski definition) is 0. The van der Waals surface area contributed by atoms with E-state index in [0.29, 0.717) is 6.42 Å². The van der Waals surface area contributed by atoms with E-state index in [9.17, 15) is 19.2 Å². The van der Waals surface area contributed by atoms with Gasteiger partial charge in [0, 0.05) is 26.3 Å². The molecule has 292 valence electrons. The minimum atomic E-state index is -0.351. The van der Waals surface area contributed by atoms with Crippen LogP contribution in [0.3, 0.4) is 0 Å². The molecule has 3 aliphatic rings. The van der Waals surface area contributed by atoms with Gasteiger partial charge < -0.3 is 28.4 Å². The standard InChI is InChI=1S/C41H68O10/c1-6-7-8-16-20-34(47-30(3)42)21-18-23-36(49-32(5)44)38-25-27-40(51-38)39-26-24-37(50-39)35(48-31(4)43)22-17-14-12-10-9-11-13-15-19-33-28-29(2)46-41(33)45/h28-29,34-40H,6-27H2,1-5H3/t29-,34?,35-,36-,37-,38+,39-,40-/m0/s1. The summed E-state index contributed by atoms with van der Waals surface area (Å²) >= 11 is 0. The summed E-state index contributed by atoms with van der Waals surface area (Å²) in [6.07, 6.45) is 22.0. The van der Waals surface area contributed by atoms with E-state index in [-0.39, 0.29) is 72.7 Å². The zero-order chi connectivity index (χ0) is 37.0. The van der Waals surface area contributed by atoms with Gasteiger partial charge in [0.05, 0.1) is 24.4 Å². The van der Waals surface area contributed by atoms with Crippen molar-refractivity contribution in [3.63, 3.8) is 0 Å². The van der Waals surface area contributed by atoms with Crippen molar-refractivity contribution < 1.29 is 47.6 Å². The third-order valence-electron chi connectivity index (χ3n) is 10.5. The van der Waals surface area contributed by atoms with Crippen LogP contribution in [0.2, 0.25) is 0 Å². The summed E-state index contributed by atoms with van der Waals surface area (Å²) in [5.74, 6) is -0.998.